The summed E-state index contributed by atoms with van der Waals surface area (Å²) in [6.45, 7) is 4.38. The first kappa shape index (κ1) is 33.7. The lowest BCUT2D eigenvalue weighted by atomic mass is 9.93. The van der Waals surface area contributed by atoms with Gasteiger partial charge in [-0.3, -0.25) is 0 Å². The molecule has 2 nitrogen and oxygen atoms in total. The van der Waals surface area contributed by atoms with Crippen molar-refractivity contribution in [1.82, 2.24) is 9.47 Å². The summed E-state index contributed by atoms with van der Waals surface area (Å²) in [6, 6.07) is 41.4. The third-order valence-electron chi connectivity index (χ3n) is 10.2. The van der Waals surface area contributed by atoms with Crippen LogP contribution >= 0.6 is 0 Å². The number of benzene rings is 5. The molecule has 0 N–H and O–H groups in total. The molecule has 0 radical (unpaired) electrons. The molecule has 2 aliphatic rings. The van der Waals surface area contributed by atoms with Crippen LogP contribution in [0.2, 0.25) is 0 Å². The fourth-order valence-corrected chi connectivity index (χ4v) is 7.72. The molecule has 6 aromatic rings. The van der Waals surface area contributed by atoms with Crippen LogP contribution in [0, 0.1) is 11.8 Å². The van der Waals surface area contributed by atoms with E-state index in [9.17, 15) is 0 Å². The maximum absolute atomic E-state index is 2.47. The molecule has 8 rings (SSSR count). The molecule has 0 saturated carbocycles. The van der Waals surface area contributed by atoms with Crippen LogP contribution in [0.1, 0.15) is 31.4 Å². The van der Waals surface area contributed by atoms with E-state index in [2.05, 4.69) is 230 Å². The number of para-hydroxylation sites is 2. The minimum Gasteiger partial charge on any atom is -0.324 e. The van der Waals surface area contributed by atoms with Gasteiger partial charge in [-0.15, -0.1) is 0 Å². The Morgan fingerprint density at radius 3 is 2.26 bits per heavy atom. The lowest BCUT2D eigenvalue weighted by Gasteiger charge is -2.28. The molecule has 2 aliphatic carbocycles. The third-order valence-corrected chi connectivity index (χ3v) is 10.2. The van der Waals surface area contributed by atoms with E-state index in [1.807, 2.05) is 0 Å². The van der Waals surface area contributed by atoms with Gasteiger partial charge < -0.3 is 9.47 Å². The molecule has 0 bridgehead atoms. The second-order valence-corrected chi connectivity index (χ2v) is 13.7. The van der Waals surface area contributed by atoms with Gasteiger partial charge in [0.15, 0.2) is 0 Å². The van der Waals surface area contributed by atoms with Crippen LogP contribution in [0.15, 0.2) is 212 Å². The van der Waals surface area contributed by atoms with Crippen molar-refractivity contribution < 1.29 is 0 Å². The second-order valence-electron chi connectivity index (χ2n) is 13.7. The van der Waals surface area contributed by atoms with Crippen LogP contribution in [-0.2, 0) is 0 Å². The molecule has 1 heterocycles. The number of allylic oxidation sites excluding steroid dienone is 14. The topological polar surface area (TPSA) is 8.17 Å². The highest BCUT2D eigenvalue weighted by atomic mass is 15.1. The van der Waals surface area contributed by atoms with E-state index in [1.165, 1.54) is 66.4 Å². The van der Waals surface area contributed by atoms with Gasteiger partial charge in [-0.1, -0.05) is 165 Å². The Kier molecular flexibility index (Phi) is 9.85. The van der Waals surface area contributed by atoms with Gasteiger partial charge in [-0.25, -0.2) is 0 Å². The molecule has 0 amide bonds. The minimum atomic E-state index is 0.185. The van der Waals surface area contributed by atoms with Crippen LogP contribution in [0.5, 0.6) is 0 Å². The predicted molar refractivity (Wildman–Crippen MR) is 228 cm³/mol. The molecular formula is C51H44N2. The van der Waals surface area contributed by atoms with Crippen LogP contribution < -0.4 is 0 Å². The first-order valence-corrected chi connectivity index (χ1v) is 18.7. The maximum Gasteiger partial charge on any atom is 0.0622 e. The largest absolute Gasteiger partial charge is 0.324 e. The summed E-state index contributed by atoms with van der Waals surface area (Å²) in [6.07, 6.45) is 34.0. The van der Waals surface area contributed by atoms with E-state index in [-0.39, 0.29) is 5.92 Å². The number of hydrogen-bond acceptors (Lipinski definition) is 1. The monoisotopic (exact) mass is 684 g/mol. The lowest BCUT2D eigenvalue weighted by Crippen LogP contribution is -2.20. The Bertz CT molecular complexity index is 2530. The highest BCUT2D eigenvalue weighted by Crippen LogP contribution is 2.44. The van der Waals surface area contributed by atoms with Gasteiger partial charge >= 0.3 is 0 Å². The van der Waals surface area contributed by atoms with E-state index in [4.69, 9.17) is 0 Å². The van der Waals surface area contributed by atoms with Crippen molar-refractivity contribution in [3.8, 4) is 5.69 Å². The zero-order chi connectivity index (χ0) is 36.0. The van der Waals surface area contributed by atoms with E-state index < -0.39 is 0 Å². The summed E-state index contributed by atoms with van der Waals surface area (Å²) in [5, 5.41) is 5.07. The van der Waals surface area contributed by atoms with Crippen LogP contribution in [0.25, 0.3) is 49.9 Å². The molecule has 1 atom stereocenters. The highest BCUT2D eigenvalue weighted by Gasteiger charge is 2.25. The van der Waals surface area contributed by atoms with Crippen molar-refractivity contribution in [3.63, 3.8) is 0 Å². The van der Waals surface area contributed by atoms with Gasteiger partial charge in [0.1, 0.15) is 0 Å². The number of nitrogens with zero attached hydrogens (tertiary/aromatic N) is 2. The van der Waals surface area contributed by atoms with Gasteiger partial charge in [-0.2, -0.15) is 0 Å². The van der Waals surface area contributed by atoms with Crippen LogP contribution in [0.4, 0.5) is 0 Å². The smallest absolute Gasteiger partial charge is 0.0622 e. The van der Waals surface area contributed by atoms with E-state index in [0.717, 1.165) is 6.42 Å². The summed E-state index contributed by atoms with van der Waals surface area (Å²) >= 11 is 0. The average Bonchev–Trinajstić information content (AvgIpc) is 3.97. The minimum absolute atomic E-state index is 0.185. The highest BCUT2D eigenvalue weighted by molar-refractivity contribution is 6.19. The Morgan fingerprint density at radius 1 is 0.755 bits per heavy atom. The van der Waals surface area contributed by atoms with E-state index in [0.29, 0.717) is 5.92 Å². The van der Waals surface area contributed by atoms with Gasteiger partial charge in [0, 0.05) is 57.9 Å². The Hall–Kier alpha value is -6.38. The summed E-state index contributed by atoms with van der Waals surface area (Å²) in [4.78, 5) is 2.41. The Labute approximate surface area is 313 Å². The number of aromatic nitrogens is 1. The van der Waals surface area contributed by atoms with E-state index >= 15 is 0 Å². The second kappa shape index (κ2) is 15.5. The number of rotatable bonds is 11. The Morgan fingerprint density at radius 2 is 1.47 bits per heavy atom. The standard InChI is InChI=1S/C51H44N2/c1-3-19-38(2)48(32-18-25-40-20-6-4-7-21-40)52(35-17-16-24-39-22-10-11-23-39)44-34-33-42(36-44)50-45-29-13-12-26-41(45)37-47-46-30-14-15-31-49(46)53(51(47)50)43-27-8-5-9-28-43/h3-35,37-39H,36H2,1-2H3/b19-3-,24-16+,25-18+,35-17+,48-32+. The Balaban J connectivity index is 1.25. The molecule has 2 heteroatoms. The predicted octanol–water partition coefficient (Wildman–Crippen LogP) is 13.5. The molecule has 258 valence electrons. The summed E-state index contributed by atoms with van der Waals surface area (Å²) in [5.41, 5.74) is 9.88. The van der Waals surface area contributed by atoms with Crippen molar-refractivity contribution in [3.05, 3.63) is 223 Å². The molecule has 0 aliphatic heterocycles. The van der Waals surface area contributed by atoms with Gasteiger partial charge in [-0.05, 0) is 71.3 Å². The van der Waals surface area contributed by atoms with Crippen molar-refractivity contribution in [2.45, 2.75) is 20.3 Å². The van der Waals surface area contributed by atoms with Crippen LogP contribution in [-0.4, -0.2) is 9.47 Å². The maximum atomic E-state index is 2.47. The fourth-order valence-electron chi connectivity index (χ4n) is 7.72. The summed E-state index contributed by atoms with van der Waals surface area (Å²) in [5.74, 6) is 0.521. The molecule has 0 saturated heterocycles. The summed E-state index contributed by atoms with van der Waals surface area (Å²) in [7, 11) is 0. The molecule has 1 unspecified atom stereocenters. The molecular weight excluding hydrogens is 641 g/mol. The third kappa shape index (κ3) is 6.97. The van der Waals surface area contributed by atoms with Gasteiger partial charge in [0.05, 0.1) is 11.0 Å². The van der Waals surface area contributed by atoms with Crippen LogP contribution in [0.3, 0.4) is 0 Å². The molecule has 0 fully saturated rings. The summed E-state index contributed by atoms with van der Waals surface area (Å²) < 4.78 is 2.47. The van der Waals surface area contributed by atoms with Crippen molar-refractivity contribution in [2.75, 3.05) is 0 Å². The normalized spacial score (nSPS) is 15.8. The number of hydrogen-bond donors (Lipinski definition) is 0. The number of fused-ring (bicyclic) bond motifs is 4. The fraction of sp³-hybridized carbons (Fsp3) is 0.0980. The zero-order valence-corrected chi connectivity index (χ0v) is 30.4. The van der Waals surface area contributed by atoms with Gasteiger partial charge in [0.25, 0.3) is 0 Å². The quantitative estimate of drug-likeness (QED) is 0.0974. The molecule has 5 aromatic carbocycles. The zero-order valence-electron chi connectivity index (χ0n) is 30.4. The van der Waals surface area contributed by atoms with E-state index in [1.54, 1.807) is 0 Å². The van der Waals surface area contributed by atoms with Crippen molar-refractivity contribution in [2.24, 2.45) is 11.8 Å². The lowest BCUT2D eigenvalue weighted by molar-refractivity contribution is 0.508. The first-order valence-electron chi connectivity index (χ1n) is 18.7. The SMILES string of the molecule is C/C=C\C(C)/C(=C\C=C\c1ccccc1)N(/C=C/C=C/C1C=CC=C1)C1=CC=C(c2c3ccccc3cc3c4ccccc4n(-c4ccccc4)c23)C1. The van der Waals surface area contributed by atoms with Gasteiger partial charge in [0.2, 0.25) is 0 Å². The molecule has 53 heavy (non-hydrogen) atoms. The first-order chi connectivity index (χ1) is 26.2. The van der Waals surface area contributed by atoms with Crippen molar-refractivity contribution >= 4 is 44.2 Å². The molecule has 0 spiro atoms. The van der Waals surface area contributed by atoms with Crippen molar-refractivity contribution in [1.29, 1.82) is 0 Å². The average molecular weight is 685 g/mol. The molecule has 1 aromatic heterocycles.